The summed E-state index contributed by atoms with van der Waals surface area (Å²) < 4.78 is 32.6. The molecule has 0 aliphatic rings. The first-order chi connectivity index (χ1) is 7.08. The molecule has 0 bridgehead atoms. The van der Waals surface area contributed by atoms with Crippen molar-refractivity contribution in [3.63, 3.8) is 0 Å². The summed E-state index contributed by atoms with van der Waals surface area (Å²) in [5, 5.41) is 0. The topological polar surface area (TPSA) is 76.5 Å². The maximum Gasteiger partial charge on any atom is 0.397 e. The molecule has 1 aromatic heterocycles. The van der Waals surface area contributed by atoms with Gasteiger partial charge in [-0.15, -0.1) is 0 Å². The summed E-state index contributed by atoms with van der Waals surface area (Å²) in [6, 6.07) is 3.47. The Balaban J connectivity index is 2.36. The molecule has 0 aromatic carbocycles. The van der Waals surface area contributed by atoms with Crippen LogP contribution in [0.4, 0.5) is 0 Å². The molecule has 0 unspecified atom stereocenters. The van der Waals surface area contributed by atoms with Gasteiger partial charge in [0.25, 0.3) is 0 Å². The van der Waals surface area contributed by atoms with Gasteiger partial charge >= 0.3 is 10.4 Å². The summed E-state index contributed by atoms with van der Waals surface area (Å²) in [6.07, 6.45) is 3.44. The van der Waals surface area contributed by atoms with Gasteiger partial charge in [-0.2, -0.15) is 8.42 Å². The lowest BCUT2D eigenvalue weighted by Gasteiger charge is -1.93. The highest BCUT2D eigenvalue weighted by molar-refractivity contribution is 7.80. The molecule has 5 nitrogen and oxygen atoms in total. The normalized spacial score (nSPS) is 10.5. The second kappa shape index (κ2) is 5.46. The summed E-state index contributed by atoms with van der Waals surface area (Å²) >= 11 is 0. The van der Waals surface area contributed by atoms with Crippen LogP contribution in [0, 0.1) is 11.8 Å². The monoisotopic (exact) mass is 227 g/mol. The Morgan fingerprint density at radius 2 is 2.07 bits per heavy atom. The van der Waals surface area contributed by atoms with Gasteiger partial charge in [-0.25, -0.2) is 4.18 Å². The van der Waals surface area contributed by atoms with Crippen molar-refractivity contribution in [2.45, 2.75) is 6.42 Å². The van der Waals surface area contributed by atoms with Gasteiger partial charge in [0.05, 0.1) is 6.61 Å². The zero-order valence-corrected chi connectivity index (χ0v) is 8.57. The third-order valence-electron chi connectivity index (χ3n) is 1.37. The molecule has 0 spiro atoms. The Morgan fingerprint density at radius 3 is 2.67 bits per heavy atom. The van der Waals surface area contributed by atoms with Crippen molar-refractivity contribution >= 4 is 10.4 Å². The minimum atomic E-state index is -4.35. The van der Waals surface area contributed by atoms with Gasteiger partial charge in [-0.05, 0) is 12.1 Å². The maximum atomic E-state index is 10.1. The standard InChI is InChI=1S/C9H9NO4S/c11-15(12,13)14-8-2-1-3-9-4-6-10-7-5-9/h4-7H,2,8H2,(H,11,12,13). The zero-order valence-electron chi connectivity index (χ0n) is 7.75. The van der Waals surface area contributed by atoms with E-state index in [9.17, 15) is 8.42 Å². The Hall–Kier alpha value is -1.42. The van der Waals surface area contributed by atoms with Crippen molar-refractivity contribution in [1.82, 2.24) is 4.98 Å². The zero-order chi connectivity index (χ0) is 11.1. The summed E-state index contributed by atoms with van der Waals surface area (Å²) in [5.41, 5.74) is 0.789. The van der Waals surface area contributed by atoms with Crippen LogP contribution in [-0.2, 0) is 14.6 Å². The van der Waals surface area contributed by atoms with Gasteiger partial charge in [0.2, 0.25) is 0 Å². The largest absolute Gasteiger partial charge is 0.397 e. The second-order valence-corrected chi connectivity index (χ2v) is 3.63. The van der Waals surface area contributed by atoms with Crippen LogP contribution in [0.15, 0.2) is 24.5 Å². The van der Waals surface area contributed by atoms with Gasteiger partial charge < -0.3 is 0 Å². The van der Waals surface area contributed by atoms with E-state index < -0.39 is 10.4 Å². The molecule has 0 amide bonds. The van der Waals surface area contributed by atoms with Crippen LogP contribution in [-0.4, -0.2) is 24.6 Å². The molecule has 80 valence electrons. The average Bonchev–Trinajstić information content (AvgIpc) is 2.17. The average molecular weight is 227 g/mol. The Kier molecular flexibility index (Phi) is 4.24. The second-order valence-electron chi connectivity index (χ2n) is 2.54. The van der Waals surface area contributed by atoms with E-state index >= 15 is 0 Å². The fourth-order valence-electron chi connectivity index (χ4n) is 0.798. The van der Waals surface area contributed by atoms with Gasteiger partial charge in [0.15, 0.2) is 0 Å². The van der Waals surface area contributed by atoms with Crippen molar-refractivity contribution < 1.29 is 17.2 Å². The number of nitrogens with zero attached hydrogens (tertiary/aromatic N) is 1. The smallest absolute Gasteiger partial charge is 0.265 e. The van der Waals surface area contributed by atoms with Crippen molar-refractivity contribution in [2.24, 2.45) is 0 Å². The molecular weight excluding hydrogens is 218 g/mol. The lowest BCUT2D eigenvalue weighted by Crippen LogP contribution is -2.03. The number of aromatic nitrogens is 1. The molecule has 0 aliphatic heterocycles. The van der Waals surface area contributed by atoms with Crippen LogP contribution in [0.1, 0.15) is 12.0 Å². The highest BCUT2D eigenvalue weighted by Gasteiger charge is 2.01. The van der Waals surface area contributed by atoms with E-state index in [0.717, 1.165) is 5.56 Å². The van der Waals surface area contributed by atoms with Crippen LogP contribution in [0.25, 0.3) is 0 Å². The Labute approximate surface area is 88.1 Å². The predicted octanol–water partition coefficient (Wildman–Crippen LogP) is 0.643. The first-order valence-corrected chi connectivity index (χ1v) is 5.45. The van der Waals surface area contributed by atoms with Gasteiger partial charge in [0, 0.05) is 24.4 Å². The molecule has 1 N–H and O–H groups in total. The Bertz CT molecular complexity index is 458. The maximum absolute atomic E-state index is 10.1. The minimum Gasteiger partial charge on any atom is -0.265 e. The van der Waals surface area contributed by atoms with E-state index in [-0.39, 0.29) is 13.0 Å². The molecule has 0 saturated heterocycles. The summed E-state index contributed by atoms with van der Waals surface area (Å²) in [5.74, 6) is 5.48. The lowest BCUT2D eigenvalue weighted by atomic mass is 10.3. The third-order valence-corrected chi connectivity index (χ3v) is 1.84. The molecule has 0 saturated carbocycles. The van der Waals surface area contributed by atoms with E-state index in [1.807, 2.05) is 0 Å². The molecular formula is C9H9NO4S. The summed E-state index contributed by atoms with van der Waals surface area (Å²) in [4.78, 5) is 3.82. The van der Waals surface area contributed by atoms with Gasteiger partial charge in [-0.3, -0.25) is 9.54 Å². The fraction of sp³-hybridized carbons (Fsp3) is 0.222. The van der Waals surface area contributed by atoms with Crippen LogP contribution in [0.5, 0.6) is 0 Å². The van der Waals surface area contributed by atoms with Crippen molar-refractivity contribution in [1.29, 1.82) is 0 Å². The van der Waals surface area contributed by atoms with Crippen molar-refractivity contribution in [3.8, 4) is 11.8 Å². The summed E-state index contributed by atoms with van der Waals surface area (Å²) in [7, 11) is -4.35. The quantitative estimate of drug-likeness (QED) is 0.466. The summed E-state index contributed by atoms with van der Waals surface area (Å²) in [6.45, 7) is -0.156. The van der Waals surface area contributed by atoms with E-state index in [4.69, 9.17) is 4.55 Å². The van der Waals surface area contributed by atoms with E-state index in [1.165, 1.54) is 0 Å². The molecule has 6 heteroatoms. The number of pyridine rings is 1. The first kappa shape index (κ1) is 11.7. The Morgan fingerprint density at radius 1 is 1.40 bits per heavy atom. The van der Waals surface area contributed by atoms with E-state index in [1.54, 1.807) is 24.5 Å². The predicted molar refractivity (Wildman–Crippen MR) is 53.2 cm³/mol. The van der Waals surface area contributed by atoms with Crippen LogP contribution in [0.2, 0.25) is 0 Å². The lowest BCUT2D eigenvalue weighted by molar-refractivity contribution is 0.275. The molecule has 1 heterocycles. The molecule has 15 heavy (non-hydrogen) atoms. The third kappa shape index (κ3) is 5.80. The van der Waals surface area contributed by atoms with Gasteiger partial charge in [0.1, 0.15) is 0 Å². The van der Waals surface area contributed by atoms with E-state index in [2.05, 4.69) is 21.0 Å². The highest BCUT2D eigenvalue weighted by atomic mass is 32.3. The number of hydrogen-bond acceptors (Lipinski definition) is 4. The van der Waals surface area contributed by atoms with Crippen LogP contribution >= 0.6 is 0 Å². The van der Waals surface area contributed by atoms with Crippen molar-refractivity contribution in [3.05, 3.63) is 30.1 Å². The van der Waals surface area contributed by atoms with Crippen LogP contribution < -0.4 is 0 Å². The fourth-order valence-corrected chi connectivity index (χ4v) is 1.09. The highest BCUT2D eigenvalue weighted by Crippen LogP contribution is 1.93. The number of hydrogen-bond donors (Lipinski definition) is 1. The van der Waals surface area contributed by atoms with Crippen molar-refractivity contribution in [2.75, 3.05) is 6.61 Å². The molecule has 1 rings (SSSR count). The SMILES string of the molecule is O=S(=O)(O)OCCC#Cc1ccncc1. The van der Waals surface area contributed by atoms with Crippen LogP contribution in [0.3, 0.4) is 0 Å². The molecule has 0 fully saturated rings. The molecule has 0 atom stereocenters. The van der Waals surface area contributed by atoms with Gasteiger partial charge in [-0.1, -0.05) is 11.8 Å². The minimum absolute atomic E-state index is 0.156. The molecule has 1 aromatic rings. The first-order valence-electron chi connectivity index (χ1n) is 4.09. The molecule has 0 radical (unpaired) electrons. The number of rotatable bonds is 3. The van der Waals surface area contributed by atoms with E-state index in [0.29, 0.717) is 0 Å². The molecule has 0 aliphatic carbocycles.